The number of rotatable bonds is 3. The molecule has 1 unspecified atom stereocenters. The molecule has 1 N–H and O–H groups in total. The van der Waals surface area contributed by atoms with Crippen LogP contribution in [0.3, 0.4) is 0 Å². The van der Waals surface area contributed by atoms with Gasteiger partial charge in [-0.1, -0.05) is 38.5 Å². The molecule has 0 spiro atoms. The number of aliphatic hydroxyl groups is 1. The summed E-state index contributed by atoms with van der Waals surface area (Å²) in [5, 5.41) is 10.2. The van der Waals surface area contributed by atoms with Crippen LogP contribution in [0.25, 0.3) is 0 Å². The van der Waals surface area contributed by atoms with Crippen molar-refractivity contribution in [3.05, 3.63) is 34.4 Å². The van der Waals surface area contributed by atoms with Gasteiger partial charge in [0, 0.05) is 0 Å². The van der Waals surface area contributed by atoms with E-state index in [1.165, 1.54) is 22.3 Å². The normalized spacial score (nSPS) is 13.8. The molecule has 1 aromatic carbocycles. The van der Waals surface area contributed by atoms with Gasteiger partial charge in [0.15, 0.2) is 0 Å². The zero-order valence-electron chi connectivity index (χ0n) is 12.1. The predicted molar refractivity (Wildman–Crippen MR) is 74.4 cm³/mol. The van der Waals surface area contributed by atoms with Crippen LogP contribution in [0.15, 0.2) is 12.1 Å². The summed E-state index contributed by atoms with van der Waals surface area (Å²) >= 11 is 0. The largest absolute Gasteiger partial charge is 0.393 e. The fourth-order valence-corrected chi connectivity index (χ4v) is 2.55. The lowest BCUT2D eigenvalue weighted by Gasteiger charge is -2.23. The average molecular weight is 234 g/mol. The second-order valence-corrected chi connectivity index (χ2v) is 6.50. The molecule has 0 amide bonds. The van der Waals surface area contributed by atoms with Crippen molar-refractivity contribution in [1.29, 1.82) is 0 Å². The molecule has 0 bridgehead atoms. The van der Waals surface area contributed by atoms with Crippen molar-refractivity contribution in [2.24, 2.45) is 5.41 Å². The highest BCUT2D eigenvalue weighted by molar-refractivity contribution is 5.37. The van der Waals surface area contributed by atoms with E-state index in [2.05, 4.69) is 53.7 Å². The summed E-state index contributed by atoms with van der Waals surface area (Å²) in [7, 11) is 0. The third-order valence-corrected chi connectivity index (χ3v) is 3.13. The first-order valence-corrected chi connectivity index (χ1v) is 6.44. The molecular formula is C16H26O. The summed E-state index contributed by atoms with van der Waals surface area (Å²) in [5.74, 6) is 0. The van der Waals surface area contributed by atoms with Crippen molar-refractivity contribution in [3.8, 4) is 0 Å². The van der Waals surface area contributed by atoms with Crippen molar-refractivity contribution < 1.29 is 5.11 Å². The van der Waals surface area contributed by atoms with Crippen LogP contribution >= 0.6 is 0 Å². The summed E-state index contributed by atoms with van der Waals surface area (Å²) < 4.78 is 0. The molecular weight excluding hydrogens is 208 g/mol. The van der Waals surface area contributed by atoms with E-state index in [1.54, 1.807) is 0 Å². The number of hydrogen-bond acceptors (Lipinski definition) is 1. The van der Waals surface area contributed by atoms with Crippen molar-refractivity contribution in [2.75, 3.05) is 0 Å². The minimum Gasteiger partial charge on any atom is -0.393 e. The standard InChI is InChI=1S/C16H26O/c1-11-7-12(2)15(13(3)8-11)9-14(17)10-16(4,5)6/h7-8,14,17H,9-10H2,1-6H3. The van der Waals surface area contributed by atoms with Crippen LogP contribution in [0, 0.1) is 26.2 Å². The van der Waals surface area contributed by atoms with E-state index in [-0.39, 0.29) is 11.5 Å². The maximum absolute atomic E-state index is 10.2. The molecule has 1 nitrogen and oxygen atoms in total. The van der Waals surface area contributed by atoms with Gasteiger partial charge in [0.05, 0.1) is 6.10 Å². The molecule has 0 heterocycles. The fourth-order valence-electron chi connectivity index (χ4n) is 2.55. The Balaban J connectivity index is 2.82. The van der Waals surface area contributed by atoms with Crippen LogP contribution in [0.2, 0.25) is 0 Å². The van der Waals surface area contributed by atoms with Gasteiger partial charge in [-0.05, 0) is 55.7 Å². The topological polar surface area (TPSA) is 20.2 Å². The van der Waals surface area contributed by atoms with E-state index in [4.69, 9.17) is 0 Å². The lowest BCUT2D eigenvalue weighted by atomic mass is 9.85. The van der Waals surface area contributed by atoms with E-state index in [1.807, 2.05) is 0 Å². The van der Waals surface area contributed by atoms with Crippen LogP contribution in [0.1, 0.15) is 49.4 Å². The monoisotopic (exact) mass is 234 g/mol. The van der Waals surface area contributed by atoms with E-state index < -0.39 is 0 Å². The third-order valence-electron chi connectivity index (χ3n) is 3.13. The highest BCUT2D eigenvalue weighted by Crippen LogP contribution is 2.25. The fraction of sp³-hybridized carbons (Fsp3) is 0.625. The zero-order valence-corrected chi connectivity index (χ0v) is 12.1. The summed E-state index contributed by atoms with van der Waals surface area (Å²) in [6, 6.07) is 4.40. The number of hydrogen-bond donors (Lipinski definition) is 1. The number of aliphatic hydroxyl groups excluding tert-OH is 1. The van der Waals surface area contributed by atoms with Gasteiger partial charge >= 0.3 is 0 Å². The maximum atomic E-state index is 10.2. The Morgan fingerprint density at radius 1 is 1.06 bits per heavy atom. The molecule has 1 heteroatoms. The average Bonchev–Trinajstić information content (AvgIpc) is 2.08. The first kappa shape index (κ1) is 14.2. The molecule has 0 aliphatic carbocycles. The van der Waals surface area contributed by atoms with Gasteiger partial charge in [-0.25, -0.2) is 0 Å². The molecule has 1 atom stereocenters. The molecule has 0 aliphatic rings. The van der Waals surface area contributed by atoms with Gasteiger partial charge in [-0.15, -0.1) is 0 Å². The van der Waals surface area contributed by atoms with Crippen molar-refractivity contribution >= 4 is 0 Å². The van der Waals surface area contributed by atoms with E-state index in [0.29, 0.717) is 0 Å². The first-order valence-electron chi connectivity index (χ1n) is 6.44. The molecule has 0 saturated heterocycles. The van der Waals surface area contributed by atoms with Crippen LogP contribution in [0.5, 0.6) is 0 Å². The lowest BCUT2D eigenvalue weighted by Crippen LogP contribution is -2.20. The van der Waals surface area contributed by atoms with Crippen LogP contribution in [-0.2, 0) is 6.42 Å². The molecule has 17 heavy (non-hydrogen) atoms. The van der Waals surface area contributed by atoms with Gasteiger partial charge < -0.3 is 5.11 Å². The van der Waals surface area contributed by atoms with Gasteiger partial charge in [-0.3, -0.25) is 0 Å². The number of benzene rings is 1. The van der Waals surface area contributed by atoms with Crippen molar-refractivity contribution in [1.82, 2.24) is 0 Å². The quantitative estimate of drug-likeness (QED) is 0.839. The van der Waals surface area contributed by atoms with Gasteiger partial charge in [0.1, 0.15) is 0 Å². The molecule has 0 aromatic heterocycles. The molecule has 0 aliphatic heterocycles. The highest BCUT2D eigenvalue weighted by atomic mass is 16.3. The molecule has 0 radical (unpaired) electrons. The number of aryl methyl sites for hydroxylation is 3. The molecule has 1 aromatic rings. The Hall–Kier alpha value is -0.820. The van der Waals surface area contributed by atoms with Crippen LogP contribution in [0.4, 0.5) is 0 Å². The van der Waals surface area contributed by atoms with E-state index in [9.17, 15) is 5.11 Å². The second kappa shape index (κ2) is 5.22. The lowest BCUT2D eigenvalue weighted by molar-refractivity contribution is 0.121. The Bertz CT molecular complexity index is 362. The smallest absolute Gasteiger partial charge is 0.0585 e. The first-order chi connectivity index (χ1) is 7.69. The Labute approximate surface area is 106 Å². The highest BCUT2D eigenvalue weighted by Gasteiger charge is 2.18. The third kappa shape index (κ3) is 4.51. The van der Waals surface area contributed by atoms with Crippen LogP contribution < -0.4 is 0 Å². The molecule has 0 fully saturated rings. The van der Waals surface area contributed by atoms with Gasteiger partial charge in [-0.2, -0.15) is 0 Å². The van der Waals surface area contributed by atoms with E-state index in [0.717, 1.165) is 12.8 Å². The Kier molecular flexibility index (Phi) is 4.37. The summed E-state index contributed by atoms with van der Waals surface area (Å²) in [5.41, 5.74) is 5.40. The molecule has 1 rings (SSSR count). The minimum atomic E-state index is -0.241. The van der Waals surface area contributed by atoms with Crippen molar-refractivity contribution in [3.63, 3.8) is 0 Å². The Morgan fingerprint density at radius 2 is 1.53 bits per heavy atom. The SMILES string of the molecule is Cc1cc(C)c(CC(O)CC(C)(C)C)c(C)c1. The predicted octanol–water partition coefficient (Wildman–Crippen LogP) is 3.95. The van der Waals surface area contributed by atoms with Gasteiger partial charge in [0.25, 0.3) is 0 Å². The maximum Gasteiger partial charge on any atom is 0.0585 e. The summed E-state index contributed by atoms with van der Waals surface area (Å²) in [6.07, 6.45) is 1.38. The molecule has 96 valence electrons. The summed E-state index contributed by atoms with van der Waals surface area (Å²) in [4.78, 5) is 0. The minimum absolute atomic E-state index is 0.186. The zero-order chi connectivity index (χ0) is 13.2. The van der Waals surface area contributed by atoms with E-state index >= 15 is 0 Å². The van der Waals surface area contributed by atoms with Crippen LogP contribution in [-0.4, -0.2) is 11.2 Å². The summed E-state index contributed by atoms with van der Waals surface area (Å²) in [6.45, 7) is 12.9. The second-order valence-electron chi connectivity index (χ2n) is 6.50. The van der Waals surface area contributed by atoms with Crippen molar-refractivity contribution in [2.45, 2.75) is 60.5 Å². The molecule has 0 saturated carbocycles. The van der Waals surface area contributed by atoms with Gasteiger partial charge in [0.2, 0.25) is 0 Å². The Morgan fingerprint density at radius 3 is 1.94 bits per heavy atom.